The van der Waals surface area contributed by atoms with Crippen molar-refractivity contribution in [3.05, 3.63) is 53.7 Å². The molecule has 3 rings (SSSR count). The molecule has 2 N–H and O–H groups in total. The third-order valence-corrected chi connectivity index (χ3v) is 4.31. The van der Waals surface area contributed by atoms with E-state index in [2.05, 4.69) is 10.3 Å². The summed E-state index contributed by atoms with van der Waals surface area (Å²) >= 11 is 0. The lowest BCUT2D eigenvalue weighted by molar-refractivity contribution is 0.0976. The van der Waals surface area contributed by atoms with Crippen LogP contribution in [0.15, 0.2) is 42.5 Å². The highest BCUT2D eigenvalue weighted by Crippen LogP contribution is 2.30. The number of fused-ring (bicyclic) bond motifs is 1. The summed E-state index contributed by atoms with van der Waals surface area (Å²) in [5.41, 5.74) is 3.32. The number of hydrogen-bond acceptors (Lipinski definition) is 4. The van der Waals surface area contributed by atoms with Crippen LogP contribution in [-0.2, 0) is 0 Å². The first-order chi connectivity index (χ1) is 12.0. The molecular weight excluding hydrogens is 316 g/mol. The molecule has 0 spiro atoms. The Morgan fingerprint density at radius 2 is 1.88 bits per heavy atom. The third kappa shape index (κ3) is 3.18. The Morgan fingerprint density at radius 3 is 2.60 bits per heavy atom. The van der Waals surface area contributed by atoms with Gasteiger partial charge >= 0.3 is 0 Å². The second-order valence-electron chi connectivity index (χ2n) is 5.97. The van der Waals surface area contributed by atoms with Gasteiger partial charge in [-0.1, -0.05) is 18.2 Å². The average Bonchev–Trinajstić information content (AvgIpc) is 2.96. The van der Waals surface area contributed by atoms with E-state index >= 15 is 0 Å². The fourth-order valence-corrected chi connectivity index (χ4v) is 3.03. The number of aryl methyl sites for hydroxylation is 1. The molecule has 0 fully saturated rings. The first kappa shape index (κ1) is 16.9. The molecule has 0 bridgehead atoms. The molecule has 0 aliphatic carbocycles. The lowest BCUT2D eigenvalue weighted by atomic mass is 10.0. The van der Waals surface area contributed by atoms with Gasteiger partial charge < -0.3 is 19.8 Å². The van der Waals surface area contributed by atoms with Crippen LogP contribution in [0.4, 0.5) is 5.69 Å². The smallest absolute Gasteiger partial charge is 0.187 e. The van der Waals surface area contributed by atoms with Crippen LogP contribution in [0, 0.1) is 6.92 Å². The van der Waals surface area contributed by atoms with Crippen LogP contribution in [0.25, 0.3) is 10.9 Å². The van der Waals surface area contributed by atoms with Crippen molar-refractivity contribution < 1.29 is 14.3 Å². The number of hydrogen-bond donors (Lipinski definition) is 2. The molecule has 5 nitrogen and oxygen atoms in total. The minimum atomic E-state index is -0.403. The first-order valence-corrected chi connectivity index (χ1v) is 8.15. The highest BCUT2D eigenvalue weighted by molar-refractivity contribution is 6.12. The maximum Gasteiger partial charge on any atom is 0.187 e. The number of anilines is 1. The predicted molar refractivity (Wildman–Crippen MR) is 100.0 cm³/mol. The molecule has 2 aromatic carbocycles. The van der Waals surface area contributed by atoms with Gasteiger partial charge in [-0.05, 0) is 32.0 Å². The molecule has 0 saturated heterocycles. The molecule has 1 heterocycles. The largest absolute Gasteiger partial charge is 0.497 e. The number of nitrogens with one attached hydrogen (secondary N) is 2. The Hall–Kier alpha value is -2.95. The molecule has 0 aliphatic rings. The van der Waals surface area contributed by atoms with Crippen LogP contribution in [0.5, 0.6) is 11.5 Å². The summed E-state index contributed by atoms with van der Waals surface area (Å²) in [7, 11) is 3.20. The van der Waals surface area contributed by atoms with Gasteiger partial charge in [0.15, 0.2) is 5.78 Å². The lowest BCUT2D eigenvalue weighted by Crippen LogP contribution is -2.26. The maximum absolute atomic E-state index is 13.0. The average molecular weight is 338 g/mol. The van der Waals surface area contributed by atoms with Crippen molar-refractivity contribution in [2.24, 2.45) is 0 Å². The van der Waals surface area contributed by atoms with Crippen LogP contribution < -0.4 is 14.8 Å². The van der Waals surface area contributed by atoms with Gasteiger partial charge in [0.05, 0.1) is 25.9 Å². The van der Waals surface area contributed by atoms with Crippen LogP contribution in [-0.4, -0.2) is 31.0 Å². The Labute approximate surface area is 147 Å². The van der Waals surface area contributed by atoms with Gasteiger partial charge in [-0.25, -0.2) is 0 Å². The lowest BCUT2D eigenvalue weighted by Gasteiger charge is -2.17. The molecule has 1 atom stereocenters. The number of methoxy groups -OCH3 is 2. The monoisotopic (exact) mass is 338 g/mol. The quantitative estimate of drug-likeness (QED) is 0.662. The van der Waals surface area contributed by atoms with E-state index in [-0.39, 0.29) is 5.78 Å². The van der Waals surface area contributed by atoms with Crippen molar-refractivity contribution in [1.29, 1.82) is 0 Å². The molecule has 0 saturated carbocycles. The molecule has 130 valence electrons. The minimum Gasteiger partial charge on any atom is -0.497 e. The summed E-state index contributed by atoms with van der Waals surface area (Å²) in [5, 5.41) is 4.19. The molecular formula is C20H22N2O3. The topological polar surface area (TPSA) is 63.3 Å². The second kappa shape index (κ2) is 6.89. The number of carbonyl (C=O) groups excluding carboxylic acids is 1. The minimum absolute atomic E-state index is 0.0350. The zero-order chi connectivity index (χ0) is 18.0. The Bertz CT molecular complexity index is 914. The fraction of sp³-hybridized carbons (Fsp3) is 0.250. The van der Waals surface area contributed by atoms with E-state index in [1.54, 1.807) is 20.3 Å². The van der Waals surface area contributed by atoms with E-state index < -0.39 is 6.04 Å². The fourth-order valence-electron chi connectivity index (χ4n) is 3.03. The van der Waals surface area contributed by atoms with Crippen molar-refractivity contribution in [2.45, 2.75) is 19.9 Å². The Morgan fingerprint density at radius 1 is 1.12 bits per heavy atom. The molecule has 0 unspecified atom stereocenters. The summed E-state index contributed by atoms with van der Waals surface area (Å²) in [6.45, 7) is 3.78. The Kier molecular flexibility index (Phi) is 4.65. The molecule has 0 aliphatic heterocycles. The third-order valence-electron chi connectivity index (χ3n) is 4.31. The van der Waals surface area contributed by atoms with Gasteiger partial charge in [-0.2, -0.15) is 0 Å². The summed E-state index contributed by atoms with van der Waals surface area (Å²) in [6, 6.07) is 12.9. The number of carbonyl (C=O) groups is 1. The van der Waals surface area contributed by atoms with Crippen LogP contribution in [0.1, 0.15) is 23.0 Å². The molecule has 1 aromatic heterocycles. The van der Waals surface area contributed by atoms with Gasteiger partial charge in [-0.3, -0.25) is 4.79 Å². The summed E-state index contributed by atoms with van der Waals surface area (Å²) in [5.74, 6) is 1.37. The number of H-pyrrole nitrogens is 1. The Balaban J connectivity index is 1.89. The van der Waals surface area contributed by atoms with Crippen molar-refractivity contribution in [3.8, 4) is 11.5 Å². The van der Waals surface area contributed by atoms with E-state index in [9.17, 15) is 4.79 Å². The zero-order valence-electron chi connectivity index (χ0n) is 14.8. The van der Waals surface area contributed by atoms with E-state index in [0.717, 1.165) is 27.8 Å². The standard InChI is InChI=1S/C20H22N2O3/c1-12-19(15-7-5-6-8-16(15)21-12)20(23)13(2)22-17-10-9-14(24-3)11-18(17)25-4/h5-11,13,21-22H,1-4H3/t13-/m1/s1. The summed E-state index contributed by atoms with van der Waals surface area (Å²) in [6.07, 6.45) is 0. The van der Waals surface area contributed by atoms with Crippen LogP contribution in [0.3, 0.4) is 0 Å². The summed E-state index contributed by atoms with van der Waals surface area (Å²) in [4.78, 5) is 16.3. The van der Waals surface area contributed by atoms with Gasteiger partial charge in [0, 0.05) is 28.2 Å². The zero-order valence-corrected chi connectivity index (χ0v) is 14.8. The number of aromatic amines is 1. The molecule has 25 heavy (non-hydrogen) atoms. The number of ketones is 1. The van der Waals surface area contributed by atoms with E-state index in [0.29, 0.717) is 11.5 Å². The highest BCUT2D eigenvalue weighted by atomic mass is 16.5. The number of rotatable bonds is 6. The normalized spacial score (nSPS) is 12.0. The number of Topliss-reactive ketones (excluding diaryl/α,β-unsaturated/α-hetero) is 1. The number of para-hydroxylation sites is 1. The van der Waals surface area contributed by atoms with Crippen LogP contribution >= 0.6 is 0 Å². The van der Waals surface area contributed by atoms with Gasteiger partial charge in [-0.15, -0.1) is 0 Å². The van der Waals surface area contributed by atoms with Crippen LogP contribution in [0.2, 0.25) is 0 Å². The van der Waals surface area contributed by atoms with E-state index in [1.807, 2.05) is 50.2 Å². The molecule has 5 heteroatoms. The number of ether oxygens (including phenoxy) is 2. The first-order valence-electron chi connectivity index (χ1n) is 8.15. The predicted octanol–water partition coefficient (Wildman–Crippen LogP) is 4.18. The van der Waals surface area contributed by atoms with Crippen molar-refractivity contribution in [1.82, 2.24) is 4.98 Å². The molecule has 3 aromatic rings. The van der Waals surface area contributed by atoms with Crippen molar-refractivity contribution in [2.75, 3.05) is 19.5 Å². The number of benzene rings is 2. The maximum atomic E-state index is 13.0. The van der Waals surface area contributed by atoms with Gasteiger partial charge in [0.1, 0.15) is 11.5 Å². The summed E-state index contributed by atoms with van der Waals surface area (Å²) < 4.78 is 10.6. The molecule has 0 radical (unpaired) electrons. The van der Waals surface area contributed by atoms with Gasteiger partial charge in [0.2, 0.25) is 0 Å². The highest BCUT2D eigenvalue weighted by Gasteiger charge is 2.22. The second-order valence-corrected chi connectivity index (χ2v) is 5.97. The van der Waals surface area contributed by atoms with Crippen molar-refractivity contribution in [3.63, 3.8) is 0 Å². The van der Waals surface area contributed by atoms with Crippen molar-refractivity contribution >= 4 is 22.4 Å². The SMILES string of the molecule is COc1ccc(N[C@H](C)C(=O)c2c(C)[nH]c3ccccc23)c(OC)c1. The van der Waals surface area contributed by atoms with E-state index in [4.69, 9.17) is 9.47 Å². The van der Waals surface area contributed by atoms with E-state index in [1.165, 1.54) is 0 Å². The molecule has 0 amide bonds. The number of aromatic nitrogens is 1. The van der Waals surface area contributed by atoms with Gasteiger partial charge in [0.25, 0.3) is 0 Å².